The van der Waals surface area contributed by atoms with Crippen LogP contribution in [-0.2, 0) is 0 Å². The molecule has 0 bridgehead atoms. The SMILES string of the molecule is COc1ccc(F)cc1[C@@H](C)Nc1ccn2nc(N)c(/C(N)=N/O)c2n1. The van der Waals surface area contributed by atoms with E-state index in [1.807, 2.05) is 6.92 Å². The average molecular weight is 359 g/mol. The van der Waals surface area contributed by atoms with Crippen molar-refractivity contribution >= 4 is 23.1 Å². The van der Waals surface area contributed by atoms with Gasteiger partial charge in [0.1, 0.15) is 22.9 Å². The Bertz CT molecular complexity index is 986. The lowest BCUT2D eigenvalue weighted by Crippen LogP contribution is -2.15. The number of methoxy groups -OCH3 is 1. The molecule has 2 heterocycles. The highest BCUT2D eigenvalue weighted by atomic mass is 19.1. The third-order valence-corrected chi connectivity index (χ3v) is 3.90. The maximum absolute atomic E-state index is 13.6. The molecule has 3 aromatic rings. The standard InChI is InChI=1S/C16H18FN7O2/c1-8(10-7-9(17)3-4-11(10)26-2)20-12-5-6-24-16(21-12)13(14(18)22-24)15(19)23-25/h3-8,25H,1-2H3,(H2,18,22)(H2,19,23)(H,20,21)/t8-/m1/s1. The molecular formula is C16H18FN7O2. The van der Waals surface area contributed by atoms with Gasteiger partial charge in [0, 0.05) is 11.8 Å². The third-order valence-electron chi connectivity index (χ3n) is 3.90. The average Bonchev–Trinajstić information content (AvgIpc) is 2.96. The van der Waals surface area contributed by atoms with E-state index in [0.29, 0.717) is 22.8 Å². The highest BCUT2D eigenvalue weighted by Crippen LogP contribution is 2.28. The van der Waals surface area contributed by atoms with Crippen LogP contribution in [0.4, 0.5) is 16.0 Å². The molecule has 2 aromatic heterocycles. The van der Waals surface area contributed by atoms with E-state index in [0.717, 1.165) is 0 Å². The number of anilines is 2. The summed E-state index contributed by atoms with van der Waals surface area (Å²) in [6.45, 7) is 1.85. The number of fused-ring (bicyclic) bond motifs is 1. The Morgan fingerprint density at radius 3 is 2.88 bits per heavy atom. The van der Waals surface area contributed by atoms with Crippen LogP contribution in [-0.4, -0.2) is 32.8 Å². The lowest BCUT2D eigenvalue weighted by atomic mass is 10.1. The Morgan fingerprint density at radius 2 is 2.19 bits per heavy atom. The van der Waals surface area contributed by atoms with Crippen molar-refractivity contribution in [2.75, 3.05) is 18.2 Å². The fourth-order valence-electron chi connectivity index (χ4n) is 2.67. The fraction of sp³-hybridized carbons (Fsp3) is 0.188. The normalized spacial score (nSPS) is 13.0. The van der Waals surface area contributed by atoms with Crippen molar-refractivity contribution in [3.8, 4) is 5.75 Å². The van der Waals surface area contributed by atoms with Crippen molar-refractivity contribution < 1.29 is 14.3 Å². The van der Waals surface area contributed by atoms with Gasteiger partial charge < -0.3 is 26.7 Å². The number of amidine groups is 1. The first kappa shape index (κ1) is 17.3. The number of aromatic nitrogens is 3. The minimum absolute atomic E-state index is 0.0878. The van der Waals surface area contributed by atoms with Gasteiger partial charge in [-0.05, 0) is 31.2 Å². The molecule has 26 heavy (non-hydrogen) atoms. The van der Waals surface area contributed by atoms with Crippen LogP contribution >= 0.6 is 0 Å². The number of rotatable bonds is 5. The number of ether oxygens (including phenoxy) is 1. The molecule has 0 aliphatic rings. The maximum Gasteiger partial charge on any atom is 0.177 e. The summed E-state index contributed by atoms with van der Waals surface area (Å²) in [4.78, 5) is 4.41. The maximum atomic E-state index is 13.6. The van der Waals surface area contributed by atoms with Crippen molar-refractivity contribution in [1.29, 1.82) is 0 Å². The molecule has 0 spiro atoms. The van der Waals surface area contributed by atoms with E-state index in [4.69, 9.17) is 21.4 Å². The van der Waals surface area contributed by atoms with Crippen molar-refractivity contribution in [3.63, 3.8) is 0 Å². The molecule has 0 unspecified atom stereocenters. The molecule has 9 nitrogen and oxygen atoms in total. The van der Waals surface area contributed by atoms with Gasteiger partial charge in [0.05, 0.1) is 13.2 Å². The number of hydrogen-bond donors (Lipinski definition) is 4. The second kappa shape index (κ2) is 6.75. The first-order chi connectivity index (χ1) is 12.4. The number of benzene rings is 1. The minimum Gasteiger partial charge on any atom is -0.496 e. The predicted molar refractivity (Wildman–Crippen MR) is 94.9 cm³/mol. The molecule has 0 radical (unpaired) electrons. The van der Waals surface area contributed by atoms with E-state index < -0.39 is 0 Å². The summed E-state index contributed by atoms with van der Waals surface area (Å²) in [6.07, 6.45) is 1.63. The van der Waals surface area contributed by atoms with Crippen molar-refractivity contribution in [2.24, 2.45) is 10.9 Å². The highest BCUT2D eigenvalue weighted by molar-refractivity contribution is 6.06. The van der Waals surface area contributed by atoms with Crippen molar-refractivity contribution in [1.82, 2.24) is 14.6 Å². The van der Waals surface area contributed by atoms with Crippen LogP contribution in [0, 0.1) is 5.82 Å². The first-order valence-electron chi connectivity index (χ1n) is 7.67. The topological polar surface area (TPSA) is 136 Å². The summed E-state index contributed by atoms with van der Waals surface area (Å²) < 4.78 is 20.3. The zero-order valence-corrected chi connectivity index (χ0v) is 14.1. The van der Waals surface area contributed by atoms with Crippen LogP contribution in [0.5, 0.6) is 5.75 Å². The van der Waals surface area contributed by atoms with Crippen LogP contribution in [0.3, 0.4) is 0 Å². The van der Waals surface area contributed by atoms with E-state index in [-0.39, 0.29) is 29.1 Å². The Hall–Kier alpha value is -3.56. The van der Waals surface area contributed by atoms with Gasteiger partial charge in [-0.3, -0.25) is 0 Å². The molecule has 136 valence electrons. The summed E-state index contributed by atoms with van der Waals surface area (Å²) in [5.74, 6) is 0.559. The number of nitrogens with one attached hydrogen (secondary N) is 1. The van der Waals surface area contributed by atoms with Crippen LogP contribution < -0.4 is 21.5 Å². The van der Waals surface area contributed by atoms with Gasteiger partial charge in [-0.15, -0.1) is 5.10 Å². The van der Waals surface area contributed by atoms with Gasteiger partial charge >= 0.3 is 0 Å². The van der Waals surface area contributed by atoms with Crippen molar-refractivity contribution in [3.05, 3.63) is 47.4 Å². The Balaban J connectivity index is 1.98. The molecule has 10 heteroatoms. The van der Waals surface area contributed by atoms with Crippen LogP contribution in [0.1, 0.15) is 24.1 Å². The molecule has 0 saturated carbocycles. The number of oxime groups is 1. The van der Waals surface area contributed by atoms with Gasteiger partial charge in [0.15, 0.2) is 17.3 Å². The molecule has 1 atom stereocenters. The monoisotopic (exact) mass is 359 g/mol. The Labute approximate surface area is 148 Å². The first-order valence-corrected chi connectivity index (χ1v) is 7.67. The van der Waals surface area contributed by atoms with Gasteiger partial charge in [-0.2, -0.15) is 0 Å². The van der Waals surface area contributed by atoms with Gasteiger partial charge in [-0.25, -0.2) is 13.9 Å². The zero-order valence-electron chi connectivity index (χ0n) is 14.1. The Kier molecular flexibility index (Phi) is 4.48. The summed E-state index contributed by atoms with van der Waals surface area (Å²) in [5.41, 5.74) is 12.6. The number of nitrogen functional groups attached to an aromatic ring is 1. The van der Waals surface area contributed by atoms with Gasteiger partial charge in [0.2, 0.25) is 0 Å². The molecule has 0 fully saturated rings. The molecule has 0 aliphatic carbocycles. The smallest absolute Gasteiger partial charge is 0.177 e. The van der Waals surface area contributed by atoms with Crippen LogP contribution in [0.25, 0.3) is 5.65 Å². The molecular weight excluding hydrogens is 341 g/mol. The van der Waals surface area contributed by atoms with Crippen LogP contribution in [0.2, 0.25) is 0 Å². The lowest BCUT2D eigenvalue weighted by Gasteiger charge is -2.18. The second-order valence-corrected chi connectivity index (χ2v) is 5.58. The molecule has 0 aliphatic heterocycles. The largest absolute Gasteiger partial charge is 0.496 e. The van der Waals surface area contributed by atoms with E-state index in [1.54, 1.807) is 18.3 Å². The van der Waals surface area contributed by atoms with Gasteiger partial charge in [0.25, 0.3) is 0 Å². The summed E-state index contributed by atoms with van der Waals surface area (Å²) in [7, 11) is 1.52. The highest BCUT2D eigenvalue weighted by Gasteiger charge is 2.18. The number of halogens is 1. The number of hydrogen-bond acceptors (Lipinski definition) is 7. The number of nitrogens with zero attached hydrogens (tertiary/aromatic N) is 4. The zero-order chi connectivity index (χ0) is 18.8. The van der Waals surface area contributed by atoms with Crippen LogP contribution in [0.15, 0.2) is 35.6 Å². The molecule has 6 N–H and O–H groups in total. The molecule has 0 amide bonds. The fourth-order valence-corrected chi connectivity index (χ4v) is 2.67. The van der Waals surface area contributed by atoms with Gasteiger partial charge in [-0.1, -0.05) is 5.16 Å². The summed E-state index contributed by atoms with van der Waals surface area (Å²) >= 11 is 0. The van der Waals surface area contributed by atoms with E-state index >= 15 is 0 Å². The lowest BCUT2D eigenvalue weighted by molar-refractivity contribution is 0.318. The molecule has 1 aromatic carbocycles. The van der Waals surface area contributed by atoms with Crippen molar-refractivity contribution in [2.45, 2.75) is 13.0 Å². The minimum atomic E-state index is -0.365. The molecule has 3 rings (SSSR count). The van der Waals surface area contributed by atoms with E-state index in [9.17, 15) is 4.39 Å². The van der Waals surface area contributed by atoms with E-state index in [2.05, 4.69) is 20.6 Å². The quantitative estimate of drug-likeness (QED) is 0.236. The van der Waals surface area contributed by atoms with E-state index in [1.165, 1.54) is 23.8 Å². The second-order valence-electron chi connectivity index (χ2n) is 5.58. The predicted octanol–water partition coefficient (Wildman–Crippen LogP) is 1.73. The summed E-state index contributed by atoms with van der Waals surface area (Å²) in [5, 5.41) is 19.1. The summed E-state index contributed by atoms with van der Waals surface area (Å²) in [6, 6.07) is 5.67. The third kappa shape index (κ3) is 3.04. The Morgan fingerprint density at radius 1 is 1.42 bits per heavy atom. The molecule has 0 saturated heterocycles. The number of nitrogens with two attached hydrogens (primary N) is 2.